The van der Waals surface area contributed by atoms with Crippen LogP contribution in [0.3, 0.4) is 0 Å². The molecular weight excluding hydrogens is 312 g/mol. The van der Waals surface area contributed by atoms with Crippen LogP contribution in [0.15, 0.2) is 28.7 Å². The van der Waals surface area contributed by atoms with Gasteiger partial charge in [0.1, 0.15) is 0 Å². The number of carbonyl (C=O) groups is 2. The quantitative estimate of drug-likeness (QED) is 0.865. The molecule has 2 N–H and O–H groups in total. The first kappa shape index (κ1) is 14.0. The summed E-state index contributed by atoms with van der Waals surface area (Å²) in [6, 6.07) is 7.40. The van der Waals surface area contributed by atoms with Gasteiger partial charge in [-0.2, -0.15) is 0 Å². The maximum absolute atomic E-state index is 11.8. The van der Waals surface area contributed by atoms with Crippen LogP contribution in [0.25, 0.3) is 0 Å². The second kappa shape index (κ2) is 6.16. The Morgan fingerprint density at radius 3 is 2.79 bits per heavy atom. The molecule has 0 spiro atoms. The summed E-state index contributed by atoms with van der Waals surface area (Å²) < 4.78 is 0.913. The van der Waals surface area contributed by atoms with Gasteiger partial charge in [-0.15, -0.1) is 0 Å². The predicted molar refractivity (Wildman–Crippen MR) is 75.0 cm³/mol. The largest absolute Gasteiger partial charge is 0.481 e. The lowest BCUT2D eigenvalue weighted by molar-refractivity contribution is -0.139. The van der Waals surface area contributed by atoms with Gasteiger partial charge in [0.05, 0.1) is 13.0 Å². The zero-order valence-electron chi connectivity index (χ0n) is 10.3. The molecule has 0 aliphatic carbocycles. The highest BCUT2D eigenvalue weighted by Gasteiger charge is 2.29. The second-order valence-electron chi connectivity index (χ2n) is 4.72. The lowest BCUT2D eigenvalue weighted by atomic mass is 9.96. The van der Waals surface area contributed by atoms with Gasteiger partial charge in [0.15, 0.2) is 0 Å². The van der Waals surface area contributed by atoms with Gasteiger partial charge in [0, 0.05) is 23.2 Å². The molecule has 5 nitrogen and oxygen atoms in total. The Balaban J connectivity index is 1.73. The number of carboxylic acid groups (broad SMARTS) is 1. The van der Waals surface area contributed by atoms with Gasteiger partial charge in [0.2, 0.25) is 5.91 Å². The fourth-order valence-corrected chi connectivity index (χ4v) is 2.55. The van der Waals surface area contributed by atoms with Crippen LogP contribution in [-0.2, 0) is 9.59 Å². The highest BCUT2D eigenvalue weighted by molar-refractivity contribution is 9.10. The molecule has 1 aliphatic heterocycles. The summed E-state index contributed by atoms with van der Waals surface area (Å²) in [5, 5.41) is 11.4. The number of carbonyl (C=O) groups excluding carboxylic acids is 1. The van der Waals surface area contributed by atoms with Crippen molar-refractivity contribution in [3.63, 3.8) is 0 Å². The number of carboxylic acids is 1. The van der Waals surface area contributed by atoms with Crippen molar-refractivity contribution in [2.75, 3.05) is 25.0 Å². The van der Waals surface area contributed by atoms with Gasteiger partial charge in [-0.25, -0.2) is 0 Å². The Hall–Kier alpha value is -1.40. The van der Waals surface area contributed by atoms with Gasteiger partial charge in [-0.3, -0.25) is 14.5 Å². The highest BCUT2D eigenvalue weighted by Crippen LogP contribution is 2.19. The maximum Gasteiger partial charge on any atom is 0.303 e. The van der Waals surface area contributed by atoms with Crippen LogP contribution >= 0.6 is 15.9 Å². The van der Waals surface area contributed by atoms with E-state index in [2.05, 4.69) is 21.2 Å². The molecule has 1 aromatic carbocycles. The van der Waals surface area contributed by atoms with Crippen molar-refractivity contribution in [1.29, 1.82) is 0 Å². The molecule has 19 heavy (non-hydrogen) atoms. The lowest BCUT2D eigenvalue weighted by Crippen LogP contribution is -2.50. The van der Waals surface area contributed by atoms with Crippen LogP contribution in [0.2, 0.25) is 0 Å². The molecule has 0 saturated carbocycles. The first-order chi connectivity index (χ1) is 9.02. The van der Waals surface area contributed by atoms with Gasteiger partial charge in [-0.05, 0) is 24.1 Å². The monoisotopic (exact) mass is 326 g/mol. The predicted octanol–water partition coefficient (Wildman–Crippen LogP) is 1.79. The van der Waals surface area contributed by atoms with E-state index >= 15 is 0 Å². The van der Waals surface area contributed by atoms with Crippen molar-refractivity contribution in [2.24, 2.45) is 5.92 Å². The van der Waals surface area contributed by atoms with Gasteiger partial charge in [-0.1, -0.05) is 22.0 Å². The number of amides is 1. The first-order valence-electron chi connectivity index (χ1n) is 6.02. The van der Waals surface area contributed by atoms with Crippen LogP contribution in [-0.4, -0.2) is 41.5 Å². The summed E-state index contributed by atoms with van der Waals surface area (Å²) in [7, 11) is 0. The highest BCUT2D eigenvalue weighted by atomic mass is 79.9. The normalized spacial score (nSPS) is 15.8. The van der Waals surface area contributed by atoms with E-state index in [1.807, 2.05) is 29.2 Å². The minimum atomic E-state index is -0.775. The number of rotatable bonds is 5. The minimum Gasteiger partial charge on any atom is -0.481 e. The van der Waals surface area contributed by atoms with Crippen LogP contribution in [0, 0.1) is 5.92 Å². The molecular formula is C13H15BrN2O3. The van der Waals surface area contributed by atoms with E-state index in [1.54, 1.807) is 0 Å². The van der Waals surface area contributed by atoms with Crippen molar-refractivity contribution in [1.82, 2.24) is 4.90 Å². The Kier molecular flexibility index (Phi) is 4.55. The van der Waals surface area contributed by atoms with E-state index in [0.717, 1.165) is 10.2 Å². The Morgan fingerprint density at radius 2 is 2.16 bits per heavy atom. The van der Waals surface area contributed by atoms with E-state index in [1.165, 1.54) is 0 Å². The fourth-order valence-electron chi connectivity index (χ4n) is 2.15. The molecule has 0 atom stereocenters. The Labute approximate surface area is 119 Å². The summed E-state index contributed by atoms with van der Waals surface area (Å²) in [4.78, 5) is 24.2. The Bertz CT molecular complexity index is 487. The molecule has 0 radical (unpaired) electrons. The van der Waals surface area contributed by atoms with Crippen molar-refractivity contribution in [3.8, 4) is 0 Å². The van der Waals surface area contributed by atoms with E-state index in [9.17, 15) is 9.59 Å². The molecule has 102 valence electrons. The van der Waals surface area contributed by atoms with Crippen LogP contribution in [0.1, 0.15) is 6.42 Å². The van der Waals surface area contributed by atoms with E-state index in [4.69, 9.17) is 5.11 Å². The number of halogens is 1. The molecule has 1 heterocycles. The van der Waals surface area contributed by atoms with E-state index in [0.29, 0.717) is 19.6 Å². The number of anilines is 1. The maximum atomic E-state index is 11.8. The van der Waals surface area contributed by atoms with Gasteiger partial charge in [0.25, 0.3) is 0 Å². The molecule has 6 heteroatoms. The lowest BCUT2D eigenvalue weighted by Gasteiger charge is -2.37. The van der Waals surface area contributed by atoms with Gasteiger partial charge < -0.3 is 10.4 Å². The molecule has 1 aromatic rings. The third-order valence-electron chi connectivity index (χ3n) is 2.97. The zero-order chi connectivity index (χ0) is 13.8. The van der Waals surface area contributed by atoms with Crippen molar-refractivity contribution in [3.05, 3.63) is 28.7 Å². The smallest absolute Gasteiger partial charge is 0.303 e. The van der Waals surface area contributed by atoms with E-state index in [-0.39, 0.29) is 18.2 Å². The topological polar surface area (TPSA) is 69.6 Å². The second-order valence-corrected chi connectivity index (χ2v) is 5.63. The van der Waals surface area contributed by atoms with E-state index < -0.39 is 5.97 Å². The minimum absolute atomic E-state index is 0.0770. The SMILES string of the molecule is O=C(O)CC1CN(CC(=O)Nc2cccc(Br)c2)C1. The summed E-state index contributed by atoms with van der Waals surface area (Å²) >= 11 is 3.34. The number of nitrogens with one attached hydrogen (secondary N) is 1. The molecule has 0 bridgehead atoms. The molecule has 1 amide bonds. The molecule has 1 fully saturated rings. The van der Waals surface area contributed by atoms with Crippen molar-refractivity contribution >= 4 is 33.5 Å². The molecule has 1 aliphatic rings. The van der Waals surface area contributed by atoms with Crippen molar-refractivity contribution < 1.29 is 14.7 Å². The molecule has 0 unspecified atom stereocenters. The average molecular weight is 327 g/mol. The standard InChI is InChI=1S/C13H15BrN2O3/c14-10-2-1-3-11(5-10)15-12(17)8-16-6-9(7-16)4-13(18)19/h1-3,5,9H,4,6-8H2,(H,15,17)(H,18,19). The zero-order valence-corrected chi connectivity index (χ0v) is 11.9. The third-order valence-corrected chi connectivity index (χ3v) is 3.46. The molecule has 1 saturated heterocycles. The third kappa shape index (κ3) is 4.33. The number of likely N-dealkylation sites (tertiary alicyclic amines) is 1. The fraction of sp³-hybridized carbons (Fsp3) is 0.385. The number of hydrogen-bond acceptors (Lipinski definition) is 3. The number of benzene rings is 1. The van der Waals surface area contributed by atoms with Crippen molar-refractivity contribution in [2.45, 2.75) is 6.42 Å². The number of nitrogens with zero attached hydrogens (tertiary/aromatic N) is 1. The number of hydrogen-bond donors (Lipinski definition) is 2. The first-order valence-corrected chi connectivity index (χ1v) is 6.82. The molecule has 2 rings (SSSR count). The summed E-state index contributed by atoms with van der Waals surface area (Å²) in [6.45, 7) is 1.67. The van der Waals surface area contributed by atoms with Crippen LogP contribution < -0.4 is 5.32 Å². The Morgan fingerprint density at radius 1 is 1.42 bits per heavy atom. The molecule has 0 aromatic heterocycles. The summed E-state index contributed by atoms with van der Waals surface area (Å²) in [5.41, 5.74) is 0.752. The summed E-state index contributed by atoms with van der Waals surface area (Å²) in [5.74, 6) is -0.675. The van der Waals surface area contributed by atoms with Crippen LogP contribution in [0.4, 0.5) is 5.69 Å². The van der Waals surface area contributed by atoms with Crippen LogP contribution in [0.5, 0.6) is 0 Å². The van der Waals surface area contributed by atoms with Gasteiger partial charge >= 0.3 is 5.97 Å². The number of aliphatic carboxylic acids is 1. The summed E-state index contributed by atoms with van der Waals surface area (Å²) in [6.07, 6.45) is 0.184. The average Bonchev–Trinajstić information content (AvgIpc) is 2.25.